The molecule has 0 aliphatic carbocycles. The summed E-state index contributed by atoms with van der Waals surface area (Å²) in [4.78, 5) is 31.8. The fourth-order valence-corrected chi connectivity index (χ4v) is 3.36. The van der Waals surface area contributed by atoms with Crippen molar-refractivity contribution in [1.29, 1.82) is 0 Å². The molecule has 6 nitrogen and oxygen atoms in total. The Kier molecular flexibility index (Phi) is 4.58. The molecular formula is C20H19FN4O2. The molecule has 1 saturated heterocycles. The Morgan fingerprint density at radius 2 is 1.85 bits per heavy atom. The van der Waals surface area contributed by atoms with Gasteiger partial charge in [0.25, 0.3) is 11.8 Å². The Labute approximate surface area is 155 Å². The average Bonchev–Trinajstić information content (AvgIpc) is 3.08. The van der Waals surface area contributed by atoms with E-state index in [9.17, 15) is 14.0 Å². The highest BCUT2D eigenvalue weighted by Crippen LogP contribution is 2.19. The SMILES string of the molecule is O=C(Nc1cccc(F)c1)c1nc(C(=O)N2CCCCC2)c2ccccn12. The average molecular weight is 366 g/mol. The van der Waals surface area contributed by atoms with Crippen LogP contribution in [0.5, 0.6) is 0 Å². The molecule has 7 heteroatoms. The second-order valence-electron chi connectivity index (χ2n) is 6.56. The van der Waals surface area contributed by atoms with Crippen LogP contribution in [0, 0.1) is 5.82 Å². The standard InChI is InChI=1S/C20H19FN4O2/c21-14-7-6-8-15(13-14)22-19(26)18-23-17(16-9-2-5-12-25(16)18)20(27)24-10-3-1-4-11-24/h2,5-9,12-13H,1,3-4,10-11H2,(H,22,26). The van der Waals surface area contributed by atoms with Gasteiger partial charge >= 0.3 is 0 Å². The molecule has 0 radical (unpaired) electrons. The normalized spacial score (nSPS) is 14.3. The number of carbonyl (C=O) groups excluding carboxylic acids is 2. The third-order valence-electron chi connectivity index (χ3n) is 4.68. The van der Waals surface area contributed by atoms with E-state index < -0.39 is 11.7 Å². The molecule has 0 saturated carbocycles. The Morgan fingerprint density at radius 3 is 2.63 bits per heavy atom. The highest BCUT2D eigenvalue weighted by molar-refractivity contribution is 6.06. The third-order valence-corrected chi connectivity index (χ3v) is 4.68. The van der Waals surface area contributed by atoms with E-state index in [-0.39, 0.29) is 17.4 Å². The van der Waals surface area contributed by atoms with Crippen molar-refractivity contribution in [3.05, 3.63) is 66.0 Å². The highest BCUT2D eigenvalue weighted by Gasteiger charge is 2.26. The first-order chi connectivity index (χ1) is 13.1. The Morgan fingerprint density at radius 1 is 1.04 bits per heavy atom. The first-order valence-electron chi connectivity index (χ1n) is 8.97. The van der Waals surface area contributed by atoms with Crippen LogP contribution in [0.4, 0.5) is 10.1 Å². The minimum absolute atomic E-state index is 0.0928. The monoisotopic (exact) mass is 366 g/mol. The van der Waals surface area contributed by atoms with Crippen LogP contribution in [0.2, 0.25) is 0 Å². The lowest BCUT2D eigenvalue weighted by atomic mass is 10.1. The Bertz CT molecular complexity index is 1010. The predicted octanol–water partition coefficient (Wildman–Crippen LogP) is 3.35. The summed E-state index contributed by atoms with van der Waals surface area (Å²) >= 11 is 0. The summed E-state index contributed by atoms with van der Waals surface area (Å²) in [5.41, 5.74) is 1.18. The van der Waals surface area contributed by atoms with E-state index in [0.717, 1.165) is 19.3 Å². The van der Waals surface area contributed by atoms with E-state index >= 15 is 0 Å². The Hall–Kier alpha value is -3.22. The van der Waals surface area contributed by atoms with E-state index in [2.05, 4.69) is 10.3 Å². The predicted molar refractivity (Wildman–Crippen MR) is 99.3 cm³/mol. The number of halogens is 1. The number of pyridine rings is 1. The number of nitrogens with one attached hydrogen (secondary N) is 1. The molecular weight excluding hydrogens is 347 g/mol. The van der Waals surface area contributed by atoms with E-state index in [1.807, 2.05) is 0 Å². The van der Waals surface area contributed by atoms with Gasteiger partial charge in [0.2, 0.25) is 5.82 Å². The van der Waals surface area contributed by atoms with Gasteiger partial charge in [0.05, 0.1) is 5.52 Å². The maximum absolute atomic E-state index is 13.4. The topological polar surface area (TPSA) is 66.7 Å². The van der Waals surface area contributed by atoms with Gasteiger partial charge in [-0.15, -0.1) is 0 Å². The molecule has 2 amide bonds. The first-order valence-corrected chi connectivity index (χ1v) is 8.97. The number of nitrogens with zero attached hydrogens (tertiary/aromatic N) is 3. The van der Waals surface area contributed by atoms with Crippen molar-refractivity contribution in [1.82, 2.24) is 14.3 Å². The summed E-state index contributed by atoms with van der Waals surface area (Å²) in [7, 11) is 0. The van der Waals surface area contributed by atoms with Crippen LogP contribution in [0.3, 0.4) is 0 Å². The lowest BCUT2D eigenvalue weighted by Crippen LogP contribution is -2.36. The molecule has 1 fully saturated rings. The molecule has 0 bridgehead atoms. The minimum atomic E-state index is -0.500. The number of carbonyl (C=O) groups is 2. The second-order valence-corrected chi connectivity index (χ2v) is 6.56. The Balaban J connectivity index is 1.69. The zero-order chi connectivity index (χ0) is 18.8. The third kappa shape index (κ3) is 3.40. The fourth-order valence-electron chi connectivity index (χ4n) is 3.36. The van der Waals surface area contributed by atoms with E-state index in [1.165, 1.54) is 18.2 Å². The van der Waals surface area contributed by atoms with Crippen molar-refractivity contribution in [3.8, 4) is 0 Å². The van der Waals surface area contributed by atoms with Gasteiger partial charge in [-0.1, -0.05) is 12.1 Å². The molecule has 1 aromatic carbocycles. The molecule has 1 aliphatic rings. The van der Waals surface area contributed by atoms with Gasteiger partial charge in [0, 0.05) is 25.0 Å². The number of likely N-dealkylation sites (tertiary alicyclic amines) is 1. The summed E-state index contributed by atoms with van der Waals surface area (Å²) in [6.45, 7) is 1.41. The van der Waals surface area contributed by atoms with Crippen molar-refractivity contribution < 1.29 is 14.0 Å². The van der Waals surface area contributed by atoms with Crippen LogP contribution in [0.1, 0.15) is 40.4 Å². The molecule has 3 aromatic rings. The zero-order valence-electron chi connectivity index (χ0n) is 14.7. The van der Waals surface area contributed by atoms with Gasteiger partial charge in [-0.2, -0.15) is 0 Å². The van der Waals surface area contributed by atoms with Crippen LogP contribution < -0.4 is 5.32 Å². The number of amides is 2. The highest BCUT2D eigenvalue weighted by atomic mass is 19.1. The number of hydrogen-bond donors (Lipinski definition) is 1. The summed E-state index contributed by atoms with van der Waals surface area (Å²) in [6, 6.07) is 11.0. The number of imidazole rings is 1. The molecule has 4 rings (SSSR count). The van der Waals surface area contributed by atoms with Gasteiger partial charge in [0.1, 0.15) is 5.82 Å². The van der Waals surface area contributed by atoms with Crippen molar-refractivity contribution in [2.75, 3.05) is 18.4 Å². The van der Waals surface area contributed by atoms with Gasteiger partial charge in [-0.05, 0) is 49.6 Å². The van der Waals surface area contributed by atoms with Crippen molar-refractivity contribution in [2.45, 2.75) is 19.3 Å². The maximum atomic E-state index is 13.4. The first kappa shape index (κ1) is 17.2. The van der Waals surface area contributed by atoms with Crippen LogP contribution in [0.15, 0.2) is 48.7 Å². The maximum Gasteiger partial charge on any atom is 0.292 e. The number of fused-ring (bicyclic) bond motifs is 1. The number of anilines is 1. The number of hydrogen-bond acceptors (Lipinski definition) is 3. The van der Waals surface area contributed by atoms with Gasteiger partial charge in [-0.3, -0.25) is 14.0 Å². The van der Waals surface area contributed by atoms with E-state index in [4.69, 9.17) is 0 Å². The van der Waals surface area contributed by atoms with E-state index in [0.29, 0.717) is 24.3 Å². The zero-order valence-corrected chi connectivity index (χ0v) is 14.7. The molecule has 3 heterocycles. The summed E-state index contributed by atoms with van der Waals surface area (Å²) in [5, 5.41) is 2.64. The quantitative estimate of drug-likeness (QED) is 0.773. The molecule has 2 aromatic heterocycles. The number of benzene rings is 1. The number of piperidine rings is 1. The fraction of sp³-hybridized carbons (Fsp3) is 0.250. The van der Waals surface area contributed by atoms with Gasteiger partial charge in [-0.25, -0.2) is 9.37 Å². The molecule has 138 valence electrons. The van der Waals surface area contributed by atoms with Crippen LogP contribution >= 0.6 is 0 Å². The van der Waals surface area contributed by atoms with Crippen molar-refractivity contribution >= 4 is 23.0 Å². The lowest BCUT2D eigenvalue weighted by molar-refractivity contribution is 0.0721. The van der Waals surface area contributed by atoms with Crippen LogP contribution in [-0.4, -0.2) is 39.2 Å². The molecule has 0 spiro atoms. The summed E-state index contributed by atoms with van der Waals surface area (Å²) < 4.78 is 15.0. The largest absolute Gasteiger partial charge is 0.337 e. The van der Waals surface area contributed by atoms with E-state index in [1.54, 1.807) is 39.8 Å². The smallest absolute Gasteiger partial charge is 0.292 e. The summed E-state index contributed by atoms with van der Waals surface area (Å²) in [5.74, 6) is -1.01. The molecule has 1 N–H and O–H groups in total. The van der Waals surface area contributed by atoms with Crippen LogP contribution in [-0.2, 0) is 0 Å². The molecule has 0 atom stereocenters. The van der Waals surface area contributed by atoms with Gasteiger partial charge < -0.3 is 10.2 Å². The number of aromatic nitrogens is 2. The summed E-state index contributed by atoms with van der Waals surface area (Å²) in [6.07, 6.45) is 4.76. The van der Waals surface area contributed by atoms with Crippen LogP contribution in [0.25, 0.3) is 5.52 Å². The van der Waals surface area contributed by atoms with Crippen molar-refractivity contribution in [2.24, 2.45) is 0 Å². The van der Waals surface area contributed by atoms with Gasteiger partial charge in [0.15, 0.2) is 5.69 Å². The van der Waals surface area contributed by atoms with Crippen molar-refractivity contribution in [3.63, 3.8) is 0 Å². The number of rotatable bonds is 3. The molecule has 1 aliphatic heterocycles. The molecule has 27 heavy (non-hydrogen) atoms. The minimum Gasteiger partial charge on any atom is -0.337 e. The lowest BCUT2D eigenvalue weighted by Gasteiger charge is -2.25. The molecule has 0 unspecified atom stereocenters. The second kappa shape index (κ2) is 7.19.